The number of hydrazone groups is 1. The number of nitrogens with one attached hydrogen (secondary N) is 1. The van der Waals surface area contributed by atoms with Crippen LogP contribution in [0.2, 0.25) is 0 Å². The zero-order valence-corrected chi connectivity index (χ0v) is 19.2. The van der Waals surface area contributed by atoms with E-state index in [2.05, 4.69) is 10.5 Å². The Morgan fingerprint density at radius 1 is 0.824 bits per heavy atom. The monoisotopic (exact) mass is 462 g/mol. The van der Waals surface area contributed by atoms with Crippen LogP contribution in [0.3, 0.4) is 0 Å². The van der Waals surface area contributed by atoms with Crippen molar-refractivity contribution in [2.45, 2.75) is 12.8 Å². The molecule has 34 heavy (non-hydrogen) atoms. The third-order valence-corrected chi connectivity index (χ3v) is 4.90. The van der Waals surface area contributed by atoms with Gasteiger partial charge in [-0.1, -0.05) is 30.3 Å². The summed E-state index contributed by atoms with van der Waals surface area (Å²) in [7, 11) is 4.47. The minimum absolute atomic E-state index is 0.187. The number of amides is 1. The summed E-state index contributed by atoms with van der Waals surface area (Å²) in [4.78, 5) is 24.6. The second kappa shape index (κ2) is 12.1. The average Bonchev–Trinajstić information content (AvgIpc) is 2.88. The number of carbonyl (C=O) groups is 2. The molecule has 0 saturated heterocycles. The molecule has 1 N–H and O–H groups in total. The van der Waals surface area contributed by atoms with Crippen molar-refractivity contribution in [3.63, 3.8) is 0 Å². The van der Waals surface area contributed by atoms with Crippen LogP contribution in [0.4, 0.5) is 0 Å². The van der Waals surface area contributed by atoms with E-state index in [9.17, 15) is 9.59 Å². The summed E-state index contributed by atoms with van der Waals surface area (Å²) in [5, 5.41) is 3.99. The fourth-order valence-electron chi connectivity index (χ4n) is 3.11. The highest BCUT2D eigenvalue weighted by Gasteiger charge is 2.15. The van der Waals surface area contributed by atoms with Crippen LogP contribution >= 0.6 is 0 Å². The van der Waals surface area contributed by atoms with Crippen LogP contribution in [0.1, 0.15) is 27.9 Å². The van der Waals surface area contributed by atoms with E-state index in [1.807, 2.05) is 30.3 Å². The second-order valence-corrected chi connectivity index (χ2v) is 7.15. The van der Waals surface area contributed by atoms with Gasteiger partial charge in [0, 0.05) is 6.42 Å². The molecule has 0 unspecified atom stereocenters. The number of carbonyl (C=O) groups excluding carboxylic acids is 2. The van der Waals surface area contributed by atoms with Crippen molar-refractivity contribution in [1.29, 1.82) is 0 Å². The summed E-state index contributed by atoms with van der Waals surface area (Å²) in [6.45, 7) is 0. The maximum Gasteiger partial charge on any atom is 0.343 e. The van der Waals surface area contributed by atoms with Crippen LogP contribution in [-0.2, 0) is 11.2 Å². The van der Waals surface area contributed by atoms with Crippen LogP contribution in [0, 0.1) is 0 Å². The Kier molecular flexibility index (Phi) is 8.62. The van der Waals surface area contributed by atoms with Gasteiger partial charge >= 0.3 is 5.97 Å². The number of esters is 1. The number of nitrogens with zero attached hydrogens (tertiary/aromatic N) is 1. The molecule has 0 aliphatic heterocycles. The van der Waals surface area contributed by atoms with Gasteiger partial charge < -0.3 is 18.9 Å². The van der Waals surface area contributed by atoms with Crippen LogP contribution in [0.5, 0.6) is 23.0 Å². The fraction of sp³-hybridized carbons (Fsp3) is 0.192. The lowest BCUT2D eigenvalue weighted by Crippen LogP contribution is -2.17. The minimum Gasteiger partial charge on any atom is -0.493 e. The molecule has 0 radical (unpaired) electrons. The highest BCUT2D eigenvalue weighted by Crippen LogP contribution is 2.31. The lowest BCUT2D eigenvalue weighted by atomic mass is 10.1. The molecule has 8 nitrogen and oxygen atoms in total. The Hall–Kier alpha value is -4.33. The van der Waals surface area contributed by atoms with Crippen molar-refractivity contribution >= 4 is 18.1 Å². The summed E-state index contributed by atoms with van der Waals surface area (Å²) < 4.78 is 21.3. The number of methoxy groups -OCH3 is 3. The SMILES string of the molecule is COc1ccc(C(=O)Oc2ccc(C=NNC(=O)CCc3ccccc3)cc2OC)cc1OC. The lowest BCUT2D eigenvalue weighted by molar-refractivity contribution is -0.121. The first kappa shape index (κ1) is 24.3. The van der Waals surface area contributed by atoms with Gasteiger partial charge in [-0.2, -0.15) is 5.10 Å². The molecule has 0 fully saturated rings. The van der Waals surface area contributed by atoms with Crippen molar-refractivity contribution in [2.75, 3.05) is 21.3 Å². The molecule has 3 rings (SSSR count). The van der Waals surface area contributed by atoms with Crippen LogP contribution in [0.15, 0.2) is 71.8 Å². The van der Waals surface area contributed by atoms with Crippen molar-refractivity contribution in [3.8, 4) is 23.0 Å². The molecule has 0 bridgehead atoms. The van der Waals surface area contributed by atoms with Crippen LogP contribution < -0.4 is 24.4 Å². The van der Waals surface area contributed by atoms with Crippen molar-refractivity contribution in [2.24, 2.45) is 5.10 Å². The quantitative estimate of drug-likeness (QED) is 0.212. The minimum atomic E-state index is -0.577. The van der Waals surface area contributed by atoms with Gasteiger partial charge in [0.25, 0.3) is 0 Å². The Balaban J connectivity index is 1.60. The lowest BCUT2D eigenvalue weighted by Gasteiger charge is -2.11. The molecule has 0 aromatic heterocycles. The zero-order chi connectivity index (χ0) is 24.3. The van der Waals surface area contributed by atoms with E-state index >= 15 is 0 Å². The topological polar surface area (TPSA) is 95.5 Å². The maximum absolute atomic E-state index is 12.6. The molecular formula is C26H26N2O6. The Morgan fingerprint density at radius 3 is 2.21 bits per heavy atom. The van der Waals surface area contributed by atoms with Crippen molar-refractivity contribution in [3.05, 3.63) is 83.4 Å². The third kappa shape index (κ3) is 6.59. The number of hydrogen-bond donors (Lipinski definition) is 1. The summed E-state index contributed by atoms with van der Waals surface area (Å²) in [5.41, 5.74) is 4.55. The Morgan fingerprint density at radius 2 is 1.50 bits per heavy atom. The number of rotatable bonds is 10. The normalized spacial score (nSPS) is 10.6. The second-order valence-electron chi connectivity index (χ2n) is 7.15. The molecule has 176 valence electrons. The molecule has 1 amide bonds. The Bertz CT molecular complexity index is 1160. The van der Waals surface area contributed by atoms with Crippen LogP contribution in [0.25, 0.3) is 0 Å². The van der Waals surface area contributed by atoms with E-state index in [1.165, 1.54) is 33.6 Å². The predicted octanol–water partition coefficient (Wildman–Crippen LogP) is 4.01. The zero-order valence-electron chi connectivity index (χ0n) is 19.2. The van der Waals surface area contributed by atoms with E-state index in [1.54, 1.807) is 30.3 Å². The first-order valence-electron chi connectivity index (χ1n) is 10.5. The molecule has 8 heteroatoms. The molecular weight excluding hydrogens is 436 g/mol. The van der Waals surface area contributed by atoms with Gasteiger partial charge in [-0.3, -0.25) is 4.79 Å². The highest BCUT2D eigenvalue weighted by molar-refractivity contribution is 5.92. The van der Waals surface area contributed by atoms with Gasteiger partial charge in [-0.15, -0.1) is 0 Å². The number of hydrogen-bond acceptors (Lipinski definition) is 7. The molecule has 3 aromatic carbocycles. The molecule has 0 saturated carbocycles. The molecule has 3 aromatic rings. The summed E-state index contributed by atoms with van der Waals surface area (Å²) in [5.74, 6) is 0.743. The van der Waals surface area contributed by atoms with Gasteiger partial charge in [-0.25, -0.2) is 10.2 Å². The number of ether oxygens (including phenoxy) is 4. The molecule has 0 aliphatic rings. The van der Waals surface area contributed by atoms with E-state index in [-0.39, 0.29) is 11.7 Å². The average molecular weight is 463 g/mol. The van der Waals surface area contributed by atoms with E-state index in [0.29, 0.717) is 41.2 Å². The maximum atomic E-state index is 12.6. The van der Waals surface area contributed by atoms with Gasteiger partial charge in [0.15, 0.2) is 23.0 Å². The Labute approximate surface area is 198 Å². The van der Waals surface area contributed by atoms with Gasteiger partial charge in [0.2, 0.25) is 5.91 Å². The van der Waals surface area contributed by atoms with E-state index in [0.717, 1.165) is 5.56 Å². The summed E-state index contributed by atoms with van der Waals surface area (Å²) in [6, 6.07) is 19.4. The van der Waals surface area contributed by atoms with Gasteiger partial charge in [0.1, 0.15) is 0 Å². The first-order valence-corrected chi connectivity index (χ1v) is 10.5. The van der Waals surface area contributed by atoms with E-state index in [4.69, 9.17) is 18.9 Å². The molecule has 0 spiro atoms. The first-order chi connectivity index (χ1) is 16.5. The van der Waals surface area contributed by atoms with E-state index < -0.39 is 5.97 Å². The summed E-state index contributed by atoms with van der Waals surface area (Å²) >= 11 is 0. The third-order valence-electron chi connectivity index (χ3n) is 4.90. The van der Waals surface area contributed by atoms with Gasteiger partial charge in [0.05, 0.1) is 33.1 Å². The van der Waals surface area contributed by atoms with Gasteiger partial charge in [-0.05, 0) is 53.9 Å². The number of aryl methyl sites for hydroxylation is 1. The molecule has 0 aliphatic carbocycles. The smallest absolute Gasteiger partial charge is 0.343 e. The highest BCUT2D eigenvalue weighted by atomic mass is 16.6. The molecule has 0 heterocycles. The fourth-order valence-corrected chi connectivity index (χ4v) is 3.11. The van der Waals surface area contributed by atoms with Crippen molar-refractivity contribution in [1.82, 2.24) is 5.43 Å². The summed E-state index contributed by atoms with van der Waals surface area (Å²) in [6.07, 6.45) is 2.45. The van der Waals surface area contributed by atoms with Crippen molar-refractivity contribution < 1.29 is 28.5 Å². The standard InChI is InChI=1S/C26H26N2O6/c1-31-21-13-11-20(16-24(21)33-3)26(30)34-22-12-9-19(15-23(22)32-2)17-27-28-25(29)14-10-18-7-5-4-6-8-18/h4-9,11-13,15-17H,10,14H2,1-3H3,(H,28,29). The van der Waals surface area contributed by atoms with Crippen LogP contribution in [-0.4, -0.2) is 39.4 Å². The number of benzene rings is 3. The molecule has 0 atom stereocenters. The predicted molar refractivity (Wildman–Crippen MR) is 128 cm³/mol. The largest absolute Gasteiger partial charge is 0.493 e.